The Morgan fingerprint density at radius 2 is 1.66 bits per heavy atom. The van der Waals surface area contributed by atoms with Gasteiger partial charge >= 0.3 is 5.97 Å². The summed E-state index contributed by atoms with van der Waals surface area (Å²) in [5, 5.41) is 9.27. The molecule has 32 heavy (non-hydrogen) atoms. The molecule has 0 radical (unpaired) electrons. The summed E-state index contributed by atoms with van der Waals surface area (Å²) < 4.78 is 42.0. The molecule has 9 heteroatoms. The molecule has 1 fully saturated rings. The molecular weight excluding hydrogens is 421 g/mol. The number of aromatic nitrogens is 3. The van der Waals surface area contributed by atoms with E-state index < -0.39 is 34.8 Å². The molecule has 6 nitrogen and oxygen atoms in total. The number of carboxylic acid groups (broad SMARTS) is 1. The molecule has 0 amide bonds. The average molecular weight is 442 g/mol. The number of anilines is 1. The number of pyridine rings is 3. The normalized spacial score (nSPS) is 14.1. The fourth-order valence-electron chi connectivity index (χ4n) is 3.79. The summed E-state index contributed by atoms with van der Waals surface area (Å²) in [6.07, 6.45) is 2.02. The highest BCUT2D eigenvalue weighted by atomic mass is 19.1. The molecule has 1 aliphatic rings. The average Bonchev–Trinajstić information content (AvgIpc) is 3.28. The Morgan fingerprint density at radius 1 is 0.969 bits per heavy atom. The second-order valence-electron chi connectivity index (χ2n) is 8.25. The van der Waals surface area contributed by atoms with Gasteiger partial charge in [-0.15, -0.1) is 0 Å². The highest BCUT2D eigenvalue weighted by Crippen LogP contribution is 2.35. The Hall–Kier alpha value is -3.49. The van der Waals surface area contributed by atoms with Crippen LogP contribution >= 0.6 is 0 Å². The maximum atomic E-state index is 14.5. The quantitative estimate of drug-likeness (QED) is 0.583. The van der Waals surface area contributed by atoms with Crippen molar-refractivity contribution in [3.8, 4) is 11.3 Å². The van der Waals surface area contributed by atoms with Gasteiger partial charge in [0.1, 0.15) is 5.82 Å². The van der Waals surface area contributed by atoms with Crippen LogP contribution in [0.15, 0.2) is 36.4 Å². The van der Waals surface area contributed by atoms with Crippen LogP contribution in [0, 0.1) is 17.7 Å². The maximum Gasteiger partial charge on any atom is 0.354 e. The van der Waals surface area contributed by atoms with E-state index in [2.05, 4.69) is 19.9 Å². The number of hydrogen-bond acceptors (Lipinski definition) is 5. The van der Waals surface area contributed by atoms with Crippen molar-refractivity contribution < 1.29 is 23.1 Å². The molecule has 166 valence electrons. The molecule has 3 aromatic rings. The Morgan fingerprint density at radius 3 is 2.31 bits per heavy atom. The van der Waals surface area contributed by atoms with Gasteiger partial charge in [0.2, 0.25) is 11.9 Å². The van der Waals surface area contributed by atoms with Gasteiger partial charge in [0, 0.05) is 30.3 Å². The third-order valence-electron chi connectivity index (χ3n) is 5.66. The largest absolute Gasteiger partial charge is 0.477 e. The van der Waals surface area contributed by atoms with E-state index in [4.69, 9.17) is 0 Å². The van der Waals surface area contributed by atoms with Gasteiger partial charge < -0.3 is 10.0 Å². The van der Waals surface area contributed by atoms with Crippen molar-refractivity contribution in [2.24, 2.45) is 0 Å². The van der Waals surface area contributed by atoms with Crippen molar-refractivity contribution in [3.05, 3.63) is 71.2 Å². The summed E-state index contributed by atoms with van der Waals surface area (Å²) in [5.41, 5.74) is 0.243. The summed E-state index contributed by atoms with van der Waals surface area (Å²) in [6, 6.07) is 7.87. The van der Waals surface area contributed by atoms with E-state index in [0.29, 0.717) is 5.69 Å². The highest BCUT2D eigenvalue weighted by molar-refractivity contribution is 5.85. The van der Waals surface area contributed by atoms with E-state index in [9.17, 15) is 23.1 Å². The van der Waals surface area contributed by atoms with Crippen LogP contribution in [-0.4, -0.2) is 39.1 Å². The van der Waals surface area contributed by atoms with E-state index in [1.54, 1.807) is 19.9 Å². The molecule has 4 heterocycles. The maximum absolute atomic E-state index is 14.5. The van der Waals surface area contributed by atoms with Crippen molar-refractivity contribution in [1.82, 2.24) is 15.0 Å². The van der Waals surface area contributed by atoms with Crippen LogP contribution in [0.3, 0.4) is 0 Å². The molecule has 0 aromatic carbocycles. The molecular formula is C23H21F3N4O2. The first-order chi connectivity index (χ1) is 15.1. The molecule has 0 spiro atoms. The third-order valence-corrected chi connectivity index (χ3v) is 5.66. The van der Waals surface area contributed by atoms with Crippen molar-refractivity contribution in [1.29, 1.82) is 0 Å². The van der Waals surface area contributed by atoms with Crippen molar-refractivity contribution >= 4 is 11.7 Å². The summed E-state index contributed by atoms with van der Waals surface area (Å²) in [5.74, 6) is -4.00. The number of aromatic carboxylic acids is 1. The number of rotatable bonds is 5. The van der Waals surface area contributed by atoms with Gasteiger partial charge in [0.15, 0.2) is 5.69 Å². The smallest absolute Gasteiger partial charge is 0.354 e. The Labute approximate surface area is 182 Å². The lowest BCUT2D eigenvalue weighted by Crippen LogP contribution is -2.25. The summed E-state index contributed by atoms with van der Waals surface area (Å²) >= 11 is 0. The predicted octanol–water partition coefficient (Wildman–Crippen LogP) is 4.58. The molecule has 0 saturated carbocycles. The van der Waals surface area contributed by atoms with Gasteiger partial charge in [0.25, 0.3) is 0 Å². The molecule has 0 atom stereocenters. The van der Waals surface area contributed by atoms with E-state index in [1.807, 2.05) is 6.07 Å². The first-order valence-electron chi connectivity index (χ1n) is 10.2. The molecule has 0 aliphatic carbocycles. The minimum Gasteiger partial charge on any atom is -0.477 e. The molecule has 4 rings (SSSR count). The molecule has 1 aliphatic heterocycles. The lowest BCUT2D eigenvalue weighted by atomic mass is 9.84. The summed E-state index contributed by atoms with van der Waals surface area (Å²) in [4.78, 5) is 25.4. The zero-order valence-electron chi connectivity index (χ0n) is 17.6. The van der Waals surface area contributed by atoms with Gasteiger partial charge in [-0.05, 0) is 57.0 Å². The van der Waals surface area contributed by atoms with Gasteiger partial charge in [-0.2, -0.15) is 13.8 Å². The first-order valence-corrected chi connectivity index (χ1v) is 10.2. The van der Waals surface area contributed by atoms with Crippen molar-refractivity contribution in [3.63, 3.8) is 0 Å². The number of carboxylic acids is 1. The summed E-state index contributed by atoms with van der Waals surface area (Å²) in [6.45, 7) is 5.10. The minimum absolute atomic E-state index is 0.0305. The van der Waals surface area contributed by atoms with Crippen LogP contribution in [-0.2, 0) is 5.41 Å². The Balaban J connectivity index is 1.89. The lowest BCUT2D eigenvalue weighted by molar-refractivity contribution is 0.0689. The number of nitrogens with zero attached hydrogens (tertiary/aromatic N) is 4. The Bertz CT molecular complexity index is 1190. The topological polar surface area (TPSA) is 79.2 Å². The molecule has 0 bridgehead atoms. The second kappa shape index (κ2) is 8.22. The molecule has 0 unspecified atom stereocenters. The van der Waals surface area contributed by atoms with Crippen LogP contribution in [0.1, 0.15) is 48.6 Å². The van der Waals surface area contributed by atoms with Gasteiger partial charge in [-0.1, -0.05) is 0 Å². The zero-order valence-corrected chi connectivity index (χ0v) is 17.6. The SMILES string of the molecule is CC(C)(c1cc(F)cc(C(=O)O)n1)c1cc(N2CCCC2)cc(-c2ccc(F)nc2F)n1. The summed E-state index contributed by atoms with van der Waals surface area (Å²) in [7, 11) is 0. The van der Waals surface area contributed by atoms with Crippen LogP contribution in [0.4, 0.5) is 18.9 Å². The fourth-order valence-corrected chi connectivity index (χ4v) is 3.79. The Kier molecular flexibility index (Phi) is 5.58. The number of carbonyl (C=O) groups is 1. The van der Waals surface area contributed by atoms with Gasteiger partial charge in [-0.3, -0.25) is 4.98 Å². The van der Waals surface area contributed by atoms with Crippen molar-refractivity contribution in [2.45, 2.75) is 32.1 Å². The van der Waals surface area contributed by atoms with Crippen LogP contribution < -0.4 is 4.90 Å². The molecule has 3 aromatic heterocycles. The van der Waals surface area contributed by atoms with Crippen molar-refractivity contribution in [2.75, 3.05) is 18.0 Å². The van der Waals surface area contributed by atoms with Crippen LogP contribution in [0.2, 0.25) is 0 Å². The standard InChI is InChI=1S/C23H21F3N4O2/c1-23(2,18-10-13(24)9-17(28-18)22(31)32)19-12-14(30-7-3-4-8-30)11-16(27-19)15-5-6-20(25)29-21(15)26/h5-6,9-12H,3-4,7-8H2,1-2H3,(H,31,32). The third kappa shape index (κ3) is 4.15. The van der Waals surface area contributed by atoms with Gasteiger partial charge in [-0.25, -0.2) is 14.2 Å². The van der Waals surface area contributed by atoms with E-state index in [1.165, 1.54) is 6.07 Å². The first kappa shape index (κ1) is 21.7. The van der Waals surface area contributed by atoms with Crippen LogP contribution in [0.25, 0.3) is 11.3 Å². The molecule has 1 N–H and O–H groups in total. The highest BCUT2D eigenvalue weighted by Gasteiger charge is 2.30. The second-order valence-corrected chi connectivity index (χ2v) is 8.25. The van der Waals surface area contributed by atoms with E-state index in [-0.39, 0.29) is 17.0 Å². The monoisotopic (exact) mass is 442 g/mol. The van der Waals surface area contributed by atoms with E-state index in [0.717, 1.165) is 49.8 Å². The zero-order chi connectivity index (χ0) is 23.0. The van der Waals surface area contributed by atoms with Crippen LogP contribution in [0.5, 0.6) is 0 Å². The number of halogens is 3. The predicted molar refractivity (Wildman–Crippen MR) is 112 cm³/mol. The minimum atomic E-state index is -1.35. The van der Waals surface area contributed by atoms with Gasteiger partial charge in [0.05, 0.1) is 22.6 Å². The number of hydrogen-bond donors (Lipinski definition) is 1. The lowest BCUT2D eigenvalue weighted by Gasteiger charge is -2.27. The fraction of sp³-hybridized carbons (Fsp3) is 0.304. The van der Waals surface area contributed by atoms with E-state index >= 15 is 0 Å². The molecule has 1 saturated heterocycles.